The van der Waals surface area contributed by atoms with Gasteiger partial charge in [0.05, 0.1) is 18.1 Å². The van der Waals surface area contributed by atoms with Gasteiger partial charge in [-0.3, -0.25) is 0 Å². The second-order valence-electron chi connectivity index (χ2n) is 6.53. The predicted octanol–water partition coefficient (Wildman–Crippen LogP) is 4.51. The van der Waals surface area contributed by atoms with Crippen LogP contribution in [0.25, 0.3) is 0 Å². The van der Waals surface area contributed by atoms with Crippen molar-refractivity contribution in [2.75, 3.05) is 13.6 Å². The van der Waals surface area contributed by atoms with Crippen molar-refractivity contribution in [3.63, 3.8) is 0 Å². The van der Waals surface area contributed by atoms with E-state index in [1.54, 1.807) is 0 Å². The summed E-state index contributed by atoms with van der Waals surface area (Å²) in [5.41, 5.74) is 4.15. The van der Waals surface area contributed by atoms with Crippen LogP contribution < -0.4 is 0 Å². The normalized spacial score (nSPS) is 17.2. The molecule has 1 aliphatic heterocycles. The quantitative estimate of drug-likeness (QED) is 0.809. The minimum absolute atomic E-state index is 0.209. The van der Waals surface area contributed by atoms with Crippen LogP contribution in [-0.2, 0) is 12.0 Å². The van der Waals surface area contributed by atoms with Crippen LogP contribution in [0, 0.1) is 0 Å². The summed E-state index contributed by atoms with van der Waals surface area (Å²) < 4.78 is 0. The van der Waals surface area contributed by atoms with E-state index >= 15 is 0 Å². The fourth-order valence-corrected chi connectivity index (χ4v) is 3.00. The summed E-state index contributed by atoms with van der Waals surface area (Å²) in [6.45, 7) is 10.6. The largest absolute Gasteiger partial charge is 0.304 e. The van der Waals surface area contributed by atoms with Crippen LogP contribution in [0.1, 0.15) is 45.2 Å². The Kier molecular flexibility index (Phi) is 4.46. The van der Waals surface area contributed by atoms with Crippen LogP contribution in [0.5, 0.6) is 0 Å². The fourth-order valence-electron chi connectivity index (χ4n) is 2.60. The van der Waals surface area contributed by atoms with Crippen molar-refractivity contribution in [1.29, 1.82) is 0 Å². The third-order valence-electron chi connectivity index (χ3n) is 3.89. The summed E-state index contributed by atoms with van der Waals surface area (Å²) in [5.74, 6) is 0. The van der Waals surface area contributed by atoms with Gasteiger partial charge in [-0.1, -0.05) is 63.6 Å². The van der Waals surface area contributed by atoms with Gasteiger partial charge < -0.3 is 5.01 Å². The Hall–Kier alpha value is -0.990. The van der Waals surface area contributed by atoms with Gasteiger partial charge in [0.1, 0.15) is 0 Å². The number of allylic oxidation sites excluding steroid dienone is 1. The van der Waals surface area contributed by atoms with Crippen LogP contribution in [0.15, 0.2) is 35.0 Å². The standard InChI is InChI=1S/C17H25ClN2/c1-6-16-15(18)12-19(5)20(16)11-13-7-9-14(10-8-13)17(2,3)4/h7-10H,6,11-12H2,1-5H3. The van der Waals surface area contributed by atoms with E-state index in [-0.39, 0.29) is 5.41 Å². The van der Waals surface area contributed by atoms with E-state index in [0.29, 0.717) is 0 Å². The number of nitrogens with zero attached hydrogens (tertiary/aromatic N) is 2. The molecule has 1 heterocycles. The van der Waals surface area contributed by atoms with Gasteiger partial charge >= 0.3 is 0 Å². The van der Waals surface area contributed by atoms with Gasteiger partial charge in [-0.25, -0.2) is 5.01 Å². The monoisotopic (exact) mass is 292 g/mol. The molecule has 2 nitrogen and oxygen atoms in total. The topological polar surface area (TPSA) is 6.48 Å². The second-order valence-corrected chi connectivity index (χ2v) is 6.98. The summed E-state index contributed by atoms with van der Waals surface area (Å²) in [5, 5.41) is 5.45. The molecule has 0 saturated carbocycles. The first-order valence-corrected chi connectivity index (χ1v) is 7.66. The Balaban J connectivity index is 2.14. The second kappa shape index (κ2) is 5.79. The number of rotatable bonds is 3. The van der Waals surface area contributed by atoms with Gasteiger partial charge in [-0.15, -0.1) is 0 Å². The average molecular weight is 293 g/mol. The summed E-state index contributed by atoms with van der Waals surface area (Å²) in [7, 11) is 2.09. The molecule has 0 radical (unpaired) electrons. The van der Waals surface area contributed by atoms with Crippen molar-refractivity contribution < 1.29 is 0 Å². The van der Waals surface area contributed by atoms with Gasteiger partial charge in [0.25, 0.3) is 0 Å². The van der Waals surface area contributed by atoms with Crippen molar-refractivity contribution in [3.8, 4) is 0 Å². The first-order chi connectivity index (χ1) is 9.32. The highest BCUT2D eigenvalue weighted by atomic mass is 35.5. The molecule has 0 saturated heterocycles. The minimum atomic E-state index is 0.209. The lowest BCUT2D eigenvalue weighted by molar-refractivity contribution is 0.0587. The number of hydrogen-bond donors (Lipinski definition) is 0. The lowest BCUT2D eigenvalue weighted by atomic mass is 9.87. The molecular weight excluding hydrogens is 268 g/mol. The highest BCUT2D eigenvalue weighted by Crippen LogP contribution is 2.29. The highest BCUT2D eigenvalue weighted by Gasteiger charge is 2.25. The predicted molar refractivity (Wildman–Crippen MR) is 86.5 cm³/mol. The number of halogens is 1. The van der Waals surface area contributed by atoms with Crippen molar-refractivity contribution in [3.05, 3.63) is 46.1 Å². The van der Waals surface area contributed by atoms with E-state index in [4.69, 9.17) is 11.6 Å². The third-order valence-corrected chi connectivity index (χ3v) is 4.23. The molecule has 110 valence electrons. The van der Waals surface area contributed by atoms with Crippen molar-refractivity contribution in [2.24, 2.45) is 0 Å². The molecule has 0 amide bonds. The zero-order valence-electron chi connectivity index (χ0n) is 13.2. The van der Waals surface area contributed by atoms with Crippen LogP contribution in [0.2, 0.25) is 0 Å². The molecule has 1 aliphatic rings. The van der Waals surface area contributed by atoms with Gasteiger partial charge in [0.2, 0.25) is 0 Å². The molecule has 1 aromatic carbocycles. The highest BCUT2D eigenvalue weighted by molar-refractivity contribution is 6.30. The lowest BCUT2D eigenvalue weighted by Gasteiger charge is -2.29. The Morgan fingerprint density at radius 1 is 1.15 bits per heavy atom. The molecule has 0 N–H and O–H groups in total. The Labute approximate surface area is 128 Å². The molecule has 0 aromatic heterocycles. The maximum atomic E-state index is 6.32. The first-order valence-electron chi connectivity index (χ1n) is 7.28. The third kappa shape index (κ3) is 3.18. The van der Waals surface area contributed by atoms with Gasteiger partial charge in [0.15, 0.2) is 0 Å². The molecule has 0 spiro atoms. The Morgan fingerprint density at radius 2 is 1.75 bits per heavy atom. The molecule has 0 bridgehead atoms. The maximum absolute atomic E-state index is 6.32. The van der Waals surface area contributed by atoms with E-state index in [0.717, 1.165) is 24.5 Å². The average Bonchev–Trinajstić information content (AvgIpc) is 2.63. The molecule has 1 aromatic rings. The number of hydrazine groups is 1. The summed E-state index contributed by atoms with van der Waals surface area (Å²) in [6.07, 6.45) is 0.975. The molecule has 20 heavy (non-hydrogen) atoms. The first kappa shape index (κ1) is 15.4. The van der Waals surface area contributed by atoms with E-state index in [1.165, 1.54) is 16.8 Å². The molecule has 3 heteroatoms. The Morgan fingerprint density at radius 3 is 2.25 bits per heavy atom. The summed E-state index contributed by atoms with van der Waals surface area (Å²) in [6, 6.07) is 8.94. The zero-order valence-corrected chi connectivity index (χ0v) is 14.0. The van der Waals surface area contributed by atoms with Gasteiger partial charge in [-0.05, 0) is 23.0 Å². The molecule has 2 rings (SSSR count). The molecule has 0 fully saturated rings. The summed E-state index contributed by atoms with van der Waals surface area (Å²) in [4.78, 5) is 0. The Bertz CT molecular complexity index is 497. The van der Waals surface area contributed by atoms with Crippen molar-refractivity contribution in [2.45, 2.75) is 46.1 Å². The van der Waals surface area contributed by atoms with E-state index in [1.807, 2.05) is 0 Å². The van der Waals surface area contributed by atoms with Crippen LogP contribution in [-0.4, -0.2) is 23.6 Å². The van der Waals surface area contributed by atoms with Gasteiger partial charge in [0, 0.05) is 12.7 Å². The minimum Gasteiger partial charge on any atom is -0.304 e. The molecule has 0 unspecified atom stereocenters. The summed E-state index contributed by atoms with van der Waals surface area (Å²) >= 11 is 6.32. The molecular formula is C17H25ClN2. The number of hydrogen-bond acceptors (Lipinski definition) is 2. The van der Waals surface area contributed by atoms with E-state index in [2.05, 4.69) is 69.0 Å². The van der Waals surface area contributed by atoms with Crippen LogP contribution >= 0.6 is 11.6 Å². The SMILES string of the molecule is CCC1=C(Cl)CN(C)N1Cc1ccc(C(C)(C)C)cc1. The molecule has 0 aliphatic carbocycles. The van der Waals surface area contributed by atoms with E-state index in [9.17, 15) is 0 Å². The van der Waals surface area contributed by atoms with Crippen LogP contribution in [0.3, 0.4) is 0 Å². The van der Waals surface area contributed by atoms with Crippen molar-refractivity contribution >= 4 is 11.6 Å². The maximum Gasteiger partial charge on any atom is 0.0594 e. The molecule has 0 atom stereocenters. The number of benzene rings is 1. The van der Waals surface area contributed by atoms with Crippen molar-refractivity contribution in [1.82, 2.24) is 10.0 Å². The van der Waals surface area contributed by atoms with Gasteiger partial charge in [-0.2, -0.15) is 0 Å². The smallest absolute Gasteiger partial charge is 0.0594 e. The zero-order chi connectivity index (χ0) is 14.9. The fraction of sp³-hybridized carbons (Fsp3) is 0.529. The lowest BCUT2D eigenvalue weighted by Crippen LogP contribution is -2.33. The van der Waals surface area contributed by atoms with E-state index < -0.39 is 0 Å². The number of likely N-dealkylation sites (N-methyl/N-ethyl adjacent to an activating group) is 1. The van der Waals surface area contributed by atoms with Crippen LogP contribution in [0.4, 0.5) is 0 Å².